The molecule has 0 radical (unpaired) electrons. The predicted molar refractivity (Wildman–Crippen MR) is 76.8 cm³/mol. The molecule has 0 bridgehead atoms. The van der Waals surface area contributed by atoms with E-state index in [2.05, 4.69) is 4.98 Å². The van der Waals surface area contributed by atoms with Crippen LogP contribution in [0, 0.1) is 0 Å². The number of nitrogen functional groups attached to an aromatic ring is 1. The minimum Gasteiger partial charge on any atom is -0.462 e. The second-order valence-corrected chi connectivity index (χ2v) is 4.89. The number of carbonyl (C=O) groups is 1. The quantitative estimate of drug-likeness (QED) is 0.841. The summed E-state index contributed by atoms with van der Waals surface area (Å²) >= 11 is 0. The van der Waals surface area contributed by atoms with Gasteiger partial charge in [-0.1, -0.05) is 0 Å². The van der Waals surface area contributed by atoms with Crippen LogP contribution in [0.25, 0.3) is 0 Å². The molecule has 1 aromatic heterocycles. The van der Waals surface area contributed by atoms with E-state index in [0.29, 0.717) is 23.7 Å². The summed E-state index contributed by atoms with van der Waals surface area (Å²) in [4.78, 5) is 18.2. The summed E-state index contributed by atoms with van der Waals surface area (Å²) in [5, 5.41) is 0. The largest absolute Gasteiger partial charge is 0.462 e. The summed E-state index contributed by atoms with van der Waals surface area (Å²) in [6, 6.07) is 1.93. The number of aromatic nitrogens is 1. The molecule has 0 saturated carbocycles. The standard InChI is InChI=1S/C14H21N3O3/c1-4-19-14(18)10-7-13(16-8-11(10)15)17(3)12-5-6-20-9(12)2/h7-9,12H,4-6,15H2,1-3H3. The van der Waals surface area contributed by atoms with Crippen molar-refractivity contribution in [3.05, 3.63) is 17.8 Å². The Kier molecular flexibility index (Phi) is 4.44. The van der Waals surface area contributed by atoms with Crippen LogP contribution >= 0.6 is 0 Å². The summed E-state index contributed by atoms with van der Waals surface area (Å²) in [6.45, 7) is 4.87. The molecule has 6 heteroatoms. The van der Waals surface area contributed by atoms with E-state index in [4.69, 9.17) is 15.2 Å². The molecule has 0 aromatic carbocycles. The molecule has 20 heavy (non-hydrogen) atoms. The fourth-order valence-corrected chi connectivity index (χ4v) is 2.43. The average Bonchev–Trinajstić information content (AvgIpc) is 2.85. The van der Waals surface area contributed by atoms with Gasteiger partial charge in [0, 0.05) is 13.7 Å². The Labute approximate surface area is 118 Å². The maximum atomic E-state index is 11.9. The maximum absolute atomic E-state index is 11.9. The average molecular weight is 279 g/mol. The van der Waals surface area contributed by atoms with Crippen molar-refractivity contribution in [3.8, 4) is 0 Å². The summed E-state index contributed by atoms with van der Waals surface area (Å²) in [6.07, 6.45) is 2.59. The SMILES string of the molecule is CCOC(=O)c1cc(N(C)C2CCOC2C)ncc1N. The van der Waals surface area contributed by atoms with Crippen LogP contribution in [-0.4, -0.2) is 43.4 Å². The van der Waals surface area contributed by atoms with E-state index >= 15 is 0 Å². The van der Waals surface area contributed by atoms with Crippen LogP contribution in [0.15, 0.2) is 12.3 Å². The van der Waals surface area contributed by atoms with E-state index in [0.717, 1.165) is 13.0 Å². The third-order valence-corrected chi connectivity index (χ3v) is 3.61. The van der Waals surface area contributed by atoms with Crippen molar-refractivity contribution in [1.82, 2.24) is 4.98 Å². The number of esters is 1. The summed E-state index contributed by atoms with van der Waals surface area (Å²) in [5.41, 5.74) is 6.48. The van der Waals surface area contributed by atoms with E-state index < -0.39 is 5.97 Å². The third kappa shape index (κ3) is 2.85. The van der Waals surface area contributed by atoms with Gasteiger partial charge in [-0.15, -0.1) is 0 Å². The lowest BCUT2D eigenvalue weighted by molar-refractivity contribution is 0.0527. The topological polar surface area (TPSA) is 77.7 Å². The van der Waals surface area contributed by atoms with Crippen LogP contribution in [0.5, 0.6) is 0 Å². The van der Waals surface area contributed by atoms with Crippen LogP contribution in [0.1, 0.15) is 30.6 Å². The summed E-state index contributed by atoms with van der Waals surface area (Å²) in [7, 11) is 1.95. The van der Waals surface area contributed by atoms with Crippen LogP contribution in [0.3, 0.4) is 0 Å². The van der Waals surface area contributed by atoms with Gasteiger partial charge in [-0.05, 0) is 26.3 Å². The van der Waals surface area contributed by atoms with E-state index in [-0.39, 0.29) is 12.1 Å². The molecule has 2 unspecified atom stereocenters. The number of nitrogens with two attached hydrogens (primary N) is 1. The number of hydrogen-bond acceptors (Lipinski definition) is 6. The molecule has 1 aliphatic rings. The molecule has 110 valence electrons. The third-order valence-electron chi connectivity index (χ3n) is 3.61. The highest BCUT2D eigenvalue weighted by atomic mass is 16.5. The second kappa shape index (κ2) is 6.09. The number of likely N-dealkylation sites (N-methyl/N-ethyl adjacent to an activating group) is 1. The van der Waals surface area contributed by atoms with Crippen molar-refractivity contribution < 1.29 is 14.3 Å². The van der Waals surface area contributed by atoms with Crippen LogP contribution in [0.2, 0.25) is 0 Å². The van der Waals surface area contributed by atoms with Crippen molar-refractivity contribution in [2.75, 3.05) is 30.9 Å². The number of rotatable bonds is 4. The van der Waals surface area contributed by atoms with Gasteiger partial charge >= 0.3 is 5.97 Å². The predicted octanol–water partition coefficient (Wildman–Crippen LogP) is 1.45. The highest BCUT2D eigenvalue weighted by Crippen LogP contribution is 2.25. The van der Waals surface area contributed by atoms with Gasteiger partial charge in [0.05, 0.1) is 36.2 Å². The van der Waals surface area contributed by atoms with Crippen LogP contribution in [0.4, 0.5) is 11.5 Å². The lowest BCUT2D eigenvalue weighted by Gasteiger charge is -2.28. The maximum Gasteiger partial charge on any atom is 0.340 e. The van der Waals surface area contributed by atoms with Gasteiger partial charge < -0.3 is 20.1 Å². The van der Waals surface area contributed by atoms with E-state index in [1.807, 2.05) is 18.9 Å². The number of pyridine rings is 1. The molecule has 1 aromatic rings. The smallest absolute Gasteiger partial charge is 0.340 e. The first-order valence-electron chi connectivity index (χ1n) is 6.81. The molecule has 1 aliphatic heterocycles. The van der Waals surface area contributed by atoms with Gasteiger partial charge in [0.2, 0.25) is 0 Å². The van der Waals surface area contributed by atoms with Gasteiger partial charge in [-0.2, -0.15) is 0 Å². The number of hydrogen-bond donors (Lipinski definition) is 1. The first kappa shape index (κ1) is 14.6. The summed E-state index contributed by atoms with van der Waals surface area (Å²) in [5.74, 6) is 0.280. The fourth-order valence-electron chi connectivity index (χ4n) is 2.43. The number of anilines is 2. The molecule has 0 aliphatic carbocycles. The van der Waals surface area contributed by atoms with E-state index in [9.17, 15) is 4.79 Å². The van der Waals surface area contributed by atoms with E-state index in [1.165, 1.54) is 6.20 Å². The Balaban J connectivity index is 2.24. The number of carbonyl (C=O) groups excluding carboxylic acids is 1. The molecule has 2 atom stereocenters. The molecule has 1 saturated heterocycles. The molecule has 0 spiro atoms. The minimum absolute atomic E-state index is 0.144. The Bertz CT molecular complexity index is 493. The Morgan fingerprint density at radius 3 is 3.00 bits per heavy atom. The molecule has 2 rings (SSSR count). The number of nitrogens with zero attached hydrogens (tertiary/aromatic N) is 2. The first-order valence-corrected chi connectivity index (χ1v) is 6.81. The zero-order valence-electron chi connectivity index (χ0n) is 12.1. The lowest BCUT2D eigenvalue weighted by atomic mass is 10.1. The Morgan fingerprint density at radius 2 is 2.40 bits per heavy atom. The van der Waals surface area contributed by atoms with Gasteiger partial charge in [-0.25, -0.2) is 9.78 Å². The van der Waals surface area contributed by atoms with Crippen LogP contribution < -0.4 is 10.6 Å². The fraction of sp³-hybridized carbons (Fsp3) is 0.571. The Morgan fingerprint density at radius 1 is 1.65 bits per heavy atom. The molecule has 2 N–H and O–H groups in total. The van der Waals surface area contributed by atoms with Gasteiger partial charge in [0.15, 0.2) is 0 Å². The highest BCUT2D eigenvalue weighted by molar-refractivity contribution is 5.95. The van der Waals surface area contributed by atoms with Crippen molar-refractivity contribution in [3.63, 3.8) is 0 Å². The Hall–Kier alpha value is -1.82. The zero-order chi connectivity index (χ0) is 14.7. The monoisotopic (exact) mass is 279 g/mol. The molecular formula is C14H21N3O3. The van der Waals surface area contributed by atoms with Gasteiger partial charge in [-0.3, -0.25) is 0 Å². The first-order chi connectivity index (χ1) is 9.54. The molecule has 0 amide bonds. The second-order valence-electron chi connectivity index (χ2n) is 4.89. The minimum atomic E-state index is -0.419. The normalized spacial score (nSPS) is 21.8. The molecule has 6 nitrogen and oxygen atoms in total. The highest BCUT2D eigenvalue weighted by Gasteiger charge is 2.29. The lowest BCUT2D eigenvalue weighted by Crippen LogP contribution is -2.37. The van der Waals surface area contributed by atoms with Crippen molar-refractivity contribution >= 4 is 17.5 Å². The van der Waals surface area contributed by atoms with E-state index in [1.54, 1.807) is 13.0 Å². The van der Waals surface area contributed by atoms with Crippen molar-refractivity contribution in [1.29, 1.82) is 0 Å². The summed E-state index contributed by atoms with van der Waals surface area (Å²) < 4.78 is 10.6. The zero-order valence-corrected chi connectivity index (χ0v) is 12.1. The molecular weight excluding hydrogens is 258 g/mol. The van der Waals surface area contributed by atoms with Crippen molar-refractivity contribution in [2.45, 2.75) is 32.4 Å². The van der Waals surface area contributed by atoms with Gasteiger partial charge in [0.25, 0.3) is 0 Å². The molecule has 1 fully saturated rings. The van der Waals surface area contributed by atoms with Gasteiger partial charge in [0.1, 0.15) is 5.82 Å². The molecule has 2 heterocycles. The van der Waals surface area contributed by atoms with Crippen LogP contribution in [-0.2, 0) is 9.47 Å². The number of ether oxygens (including phenoxy) is 2. The van der Waals surface area contributed by atoms with Crippen molar-refractivity contribution in [2.24, 2.45) is 0 Å².